The fourth-order valence-electron chi connectivity index (χ4n) is 7.79. The molecule has 2 aromatic heterocycles. The molecular formula is C30H29F6N7O2. The van der Waals surface area contributed by atoms with Crippen LogP contribution in [0.2, 0.25) is 0 Å². The Morgan fingerprint density at radius 3 is 2.60 bits per heavy atom. The summed E-state index contributed by atoms with van der Waals surface area (Å²) in [4.78, 5) is 16.6. The van der Waals surface area contributed by atoms with E-state index >= 15 is 4.39 Å². The van der Waals surface area contributed by atoms with Crippen molar-refractivity contribution in [1.29, 1.82) is 0 Å². The van der Waals surface area contributed by atoms with E-state index < -0.39 is 57.8 Å². The number of hydrogen-bond donors (Lipinski definition) is 2. The number of ether oxygens (including phenoxy) is 1. The van der Waals surface area contributed by atoms with Gasteiger partial charge in [-0.15, -0.1) is 0 Å². The van der Waals surface area contributed by atoms with E-state index in [0.29, 0.717) is 26.1 Å². The lowest BCUT2D eigenvalue weighted by Gasteiger charge is -2.35. The Hall–Kier alpha value is -3.85. The molecule has 0 spiro atoms. The second kappa shape index (κ2) is 10.1. The molecule has 9 nitrogen and oxygen atoms in total. The van der Waals surface area contributed by atoms with Crippen LogP contribution in [0.1, 0.15) is 37.7 Å². The van der Waals surface area contributed by atoms with Gasteiger partial charge in [0.15, 0.2) is 17.2 Å². The fourth-order valence-corrected chi connectivity index (χ4v) is 7.79. The van der Waals surface area contributed by atoms with Crippen molar-refractivity contribution in [2.75, 3.05) is 43.4 Å². The van der Waals surface area contributed by atoms with Gasteiger partial charge in [-0.2, -0.15) is 28.1 Å². The van der Waals surface area contributed by atoms with Crippen molar-refractivity contribution in [3.8, 4) is 17.1 Å². The van der Waals surface area contributed by atoms with Crippen LogP contribution in [-0.2, 0) is 6.18 Å². The molecule has 2 aromatic carbocycles. The van der Waals surface area contributed by atoms with Gasteiger partial charge in [-0.05, 0) is 50.4 Å². The average molecular weight is 634 g/mol. The number of nitrogens with one attached hydrogen (secondary N) is 1. The predicted molar refractivity (Wildman–Crippen MR) is 153 cm³/mol. The van der Waals surface area contributed by atoms with Crippen LogP contribution < -0.4 is 20.7 Å². The maximum Gasteiger partial charge on any atom is 0.417 e. The smallest absolute Gasteiger partial charge is 0.417 e. The standard InChI is InChI=1S/C30H29F6N7O2/c31-14-9-29(6-1-7-43(29)10-14)13-44-28-40-23-18(26(41-28)42-11-15-2-3-16(12-42)38-15)8-19(30(34,35)36)21(22(23)33)17-4-5-20(32)25-24(17)39-27(37)45-25/h4-5,8,14-16,38H,1-3,6-7,9-13H2,(H2,37,39)/t14-,15?,16?,29+/m1/s1. The van der Waals surface area contributed by atoms with Crippen LogP contribution in [0.15, 0.2) is 22.6 Å². The van der Waals surface area contributed by atoms with Gasteiger partial charge in [-0.25, -0.2) is 13.2 Å². The van der Waals surface area contributed by atoms with Gasteiger partial charge in [0.25, 0.3) is 6.01 Å². The van der Waals surface area contributed by atoms with Crippen molar-refractivity contribution < 1.29 is 35.5 Å². The number of aromatic nitrogens is 3. The van der Waals surface area contributed by atoms with Crippen molar-refractivity contribution in [3.05, 3.63) is 35.4 Å². The quantitative estimate of drug-likeness (QED) is 0.287. The summed E-state index contributed by atoms with van der Waals surface area (Å²) < 4.78 is 101. The molecule has 6 heterocycles. The molecule has 4 aromatic rings. The summed E-state index contributed by atoms with van der Waals surface area (Å²) >= 11 is 0. The molecule has 2 unspecified atom stereocenters. The Balaban J connectivity index is 1.32. The first kappa shape index (κ1) is 28.6. The summed E-state index contributed by atoms with van der Waals surface area (Å²) in [5, 5.41) is 3.34. The maximum absolute atomic E-state index is 16.8. The van der Waals surface area contributed by atoms with Gasteiger partial charge < -0.3 is 25.1 Å². The molecule has 15 heteroatoms. The molecule has 4 aliphatic rings. The van der Waals surface area contributed by atoms with Gasteiger partial charge >= 0.3 is 12.2 Å². The number of nitrogens with two attached hydrogens (primary N) is 1. The third-order valence-corrected chi connectivity index (χ3v) is 9.72. The molecule has 0 aliphatic carbocycles. The molecule has 0 radical (unpaired) electrons. The third kappa shape index (κ3) is 4.65. The van der Waals surface area contributed by atoms with Gasteiger partial charge in [0.05, 0.1) is 11.1 Å². The van der Waals surface area contributed by atoms with Gasteiger partial charge in [0.1, 0.15) is 29.6 Å². The number of alkyl halides is 4. The number of nitrogen functional groups attached to an aromatic ring is 1. The second-order valence-electron chi connectivity index (χ2n) is 12.6. The van der Waals surface area contributed by atoms with Crippen molar-refractivity contribution in [1.82, 2.24) is 25.2 Å². The lowest BCUT2D eigenvalue weighted by atomic mass is 9.94. The van der Waals surface area contributed by atoms with Crippen LogP contribution >= 0.6 is 0 Å². The molecule has 4 atom stereocenters. The minimum absolute atomic E-state index is 0.0527. The van der Waals surface area contributed by atoms with Crippen LogP contribution in [0.5, 0.6) is 6.01 Å². The third-order valence-electron chi connectivity index (χ3n) is 9.72. The maximum atomic E-state index is 16.8. The summed E-state index contributed by atoms with van der Waals surface area (Å²) in [6, 6.07) is 2.20. The topological polar surface area (TPSA) is 106 Å². The van der Waals surface area contributed by atoms with E-state index in [1.165, 1.54) is 0 Å². The molecule has 238 valence electrons. The minimum atomic E-state index is -5.02. The number of halogens is 6. The van der Waals surface area contributed by atoms with E-state index in [-0.39, 0.29) is 53.4 Å². The summed E-state index contributed by atoms with van der Waals surface area (Å²) in [6.07, 6.45) is -2.37. The Labute approximate surface area is 252 Å². The number of piperazine rings is 1. The molecule has 0 amide bonds. The van der Waals surface area contributed by atoms with E-state index in [2.05, 4.69) is 20.3 Å². The van der Waals surface area contributed by atoms with Crippen molar-refractivity contribution >= 4 is 33.8 Å². The molecule has 0 saturated carbocycles. The zero-order chi connectivity index (χ0) is 31.2. The normalized spacial score (nSPS) is 26.8. The van der Waals surface area contributed by atoms with E-state index in [9.17, 15) is 22.0 Å². The van der Waals surface area contributed by atoms with Crippen LogP contribution in [0.3, 0.4) is 0 Å². The minimum Gasteiger partial charge on any atom is -0.461 e. The van der Waals surface area contributed by atoms with Crippen LogP contribution in [-0.4, -0.2) is 76.4 Å². The SMILES string of the molecule is Nc1nc2c(-c3c(C(F)(F)F)cc4c(N5CC6CCC(C5)N6)nc(OC[C@@]56CCCN5C[C@H](F)C6)nc4c3F)ccc(F)c2o1. The highest BCUT2D eigenvalue weighted by molar-refractivity contribution is 6.00. The van der Waals surface area contributed by atoms with E-state index in [0.717, 1.165) is 44.0 Å². The van der Waals surface area contributed by atoms with Crippen LogP contribution in [0.25, 0.3) is 33.1 Å². The number of fused-ring (bicyclic) bond motifs is 5. The molecule has 2 bridgehead atoms. The Morgan fingerprint density at radius 2 is 1.84 bits per heavy atom. The molecule has 4 saturated heterocycles. The number of rotatable bonds is 5. The number of anilines is 2. The van der Waals surface area contributed by atoms with Crippen molar-refractivity contribution in [3.63, 3.8) is 0 Å². The summed E-state index contributed by atoms with van der Waals surface area (Å²) in [7, 11) is 0. The average Bonchev–Trinajstić information content (AvgIpc) is 3.73. The fraction of sp³-hybridized carbons (Fsp3) is 0.500. The van der Waals surface area contributed by atoms with Gasteiger partial charge in [0, 0.05) is 54.7 Å². The van der Waals surface area contributed by atoms with Gasteiger partial charge in [-0.1, -0.05) is 0 Å². The van der Waals surface area contributed by atoms with Gasteiger partial charge in [0.2, 0.25) is 0 Å². The highest BCUT2D eigenvalue weighted by Gasteiger charge is 2.49. The molecule has 8 rings (SSSR count). The van der Waals surface area contributed by atoms with E-state index in [1.54, 1.807) is 0 Å². The summed E-state index contributed by atoms with van der Waals surface area (Å²) in [6.45, 7) is 1.98. The predicted octanol–water partition coefficient (Wildman–Crippen LogP) is 5.21. The molecular weight excluding hydrogens is 604 g/mol. The Morgan fingerprint density at radius 1 is 1.07 bits per heavy atom. The van der Waals surface area contributed by atoms with E-state index in [1.807, 2.05) is 9.80 Å². The number of nitrogens with zero attached hydrogens (tertiary/aromatic N) is 5. The first-order chi connectivity index (χ1) is 21.5. The lowest BCUT2D eigenvalue weighted by Crippen LogP contribution is -2.51. The summed E-state index contributed by atoms with van der Waals surface area (Å²) in [5.41, 5.74) is 1.26. The second-order valence-corrected chi connectivity index (χ2v) is 12.6. The highest BCUT2D eigenvalue weighted by atomic mass is 19.4. The number of benzene rings is 2. The first-order valence-corrected chi connectivity index (χ1v) is 15.0. The first-order valence-electron chi connectivity index (χ1n) is 15.0. The monoisotopic (exact) mass is 633 g/mol. The zero-order valence-corrected chi connectivity index (χ0v) is 23.9. The molecule has 4 aliphatic heterocycles. The zero-order valence-electron chi connectivity index (χ0n) is 23.9. The van der Waals surface area contributed by atoms with Crippen LogP contribution in [0, 0.1) is 11.6 Å². The number of hydrogen-bond acceptors (Lipinski definition) is 9. The highest BCUT2D eigenvalue weighted by Crippen LogP contribution is 2.46. The summed E-state index contributed by atoms with van der Waals surface area (Å²) in [5.74, 6) is -2.09. The lowest BCUT2D eigenvalue weighted by molar-refractivity contribution is -0.137. The van der Waals surface area contributed by atoms with Crippen LogP contribution in [0.4, 0.5) is 38.2 Å². The Bertz CT molecular complexity index is 1820. The van der Waals surface area contributed by atoms with Crippen molar-refractivity contribution in [2.24, 2.45) is 0 Å². The van der Waals surface area contributed by atoms with Gasteiger partial charge in [-0.3, -0.25) is 4.90 Å². The molecule has 3 N–H and O–H groups in total. The van der Waals surface area contributed by atoms with Crippen molar-refractivity contribution in [2.45, 2.75) is 62.1 Å². The molecule has 45 heavy (non-hydrogen) atoms. The largest absolute Gasteiger partial charge is 0.461 e. The number of oxazole rings is 1. The van der Waals surface area contributed by atoms with E-state index in [4.69, 9.17) is 14.9 Å². The Kier molecular flexibility index (Phi) is 6.41. The molecule has 4 fully saturated rings.